The standard InChI is InChI=1S/C14H18FN3O2/c1-2-17-13(19)10-4-7-18(8-5-10)14(20)11-3-6-16-9-12(11)15/h3,6,9-10H,2,4-5,7-8H2,1H3,(H,17,19). The molecule has 1 aliphatic heterocycles. The number of carbonyl (C=O) groups is 2. The molecule has 1 N–H and O–H groups in total. The topological polar surface area (TPSA) is 62.3 Å². The Balaban J connectivity index is 1.96. The minimum atomic E-state index is -0.608. The molecule has 0 aliphatic carbocycles. The first-order valence-electron chi connectivity index (χ1n) is 6.80. The number of likely N-dealkylation sites (tertiary alicyclic amines) is 1. The van der Waals surface area contributed by atoms with E-state index in [9.17, 15) is 14.0 Å². The monoisotopic (exact) mass is 279 g/mol. The van der Waals surface area contributed by atoms with E-state index in [4.69, 9.17) is 0 Å². The number of amides is 2. The SMILES string of the molecule is CCNC(=O)C1CCN(C(=O)c2ccncc2F)CC1. The van der Waals surface area contributed by atoms with Crippen LogP contribution in [0.25, 0.3) is 0 Å². The van der Waals surface area contributed by atoms with E-state index in [1.807, 2.05) is 6.92 Å². The molecule has 1 aromatic rings. The molecule has 1 saturated heterocycles. The molecular weight excluding hydrogens is 261 g/mol. The summed E-state index contributed by atoms with van der Waals surface area (Å²) in [6.07, 6.45) is 3.67. The van der Waals surface area contributed by atoms with E-state index in [2.05, 4.69) is 10.3 Å². The van der Waals surface area contributed by atoms with Gasteiger partial charge in [0.2, 0.25) is 5.91 Å². The second kappa shape index (κ2) is 6.45. The van der Waals surface area contributed by atoms with Crippen LogP contribution in [0.2, 0.25) is 0 Å². The van der Waals surface area contributed by atoms with Crippen molar-refractivity contribution in [2.45, 2.75) is 19.8 Å². The van der Waals surface area contributed by atoms with Crippen molar-refractivity contribution in [2.24, 2.45) is 5.92 Å². The van der Waals surface area contributed by atoms with Crippen LogP contribution in [0.15, 0.2) is 18.5 Å². The summed E-state index contributed by atoms with van der Waals surface area (Å²) < 4.78 is 13.5. The molecule has 0 aromatic carbocycles. The van der Waals surface area contributed by atoms with Gasteiger partial charge in [-0.05, 0) is 25.8 Å². The minimum Gasteiger partial charge on any atom is -0.356 e. The summed E-state index contributed by atoms with van der Waals surface area (Å²) in [6.45, 7) is 3.44. The van der Waals surface area contributed by atoms with Crippen molar-refractivity contribution in [1.29, 1.82) is 0 Å². The lowest BCUT2D eigenvalue weighted by molar-refractivity contribution is -0.126. The van der Waals surface area contributed by atoms with E-state index < -0.39 is 5.82 Å². The summed E-state index contributed by atoms with van der Waals surface area (Å²) in [7, 11) is 0. The van der Waals surface area contributed by atoms with Gasteiger partial charge in [-0.15, -0.1) is 0 Å². The zero-order valence-corrected chi connectivity index (χ0v) is 11.4. The summed E-state index contributed by atoms with van der Waals surface area (Å²) in [6, 6.07) is 1.38. The first kappa shape index (κ1) is 14.4. The number of halogens is 1. The normalized spacial score (nSPS) is 16.0. The van der Waals surface area contributed by atoms with Crippen molar-refractivity contribution in [3.05, 3.63) is 29.8 Å². The average molecular weight is 279 g/mol. The number of carbonyl (C=O) groups excluding carboxylic acids is 2. The van der Waals surface area contributed by atoms with E-state index in [0.717, 1.165) is 6.20 Å². The van der Waals surface area contributed by atoms with Gasteiger partial charge in [-0.25, -0.2) is 4.39 Å². The number of rotatable bonds is 3. The molecule has 1 aliphatic rings. The fourth-order valence-corrected chi connectivity index (χ4v) is 2.38. The fraction of sp³-hybridized carbons (Fsp3) is 0.500. The molecular formula is C14H18FN3O2. The molecule has 0 spiro atoms. The molecule has 2 amide bonds. The Labute approximate surface area is 117 Å². The summed E-state index contributed by atoms with van der Waals surface area (Å²) in [4.78, 5) is 29.1. The van der Waals surface area contributed by atoms with E-state index in [1.54, 1.807) is 4.90 Å². The molecule has 0 radical (unpaired) electrons. The predicted molar refractivity (Wildman–Crippen MR) is 71.5 cm³/mol. The number of pyridine rings is 1. The van der Waals surface area contributed by atoms with E-state index in [-0.39, 0.29) is 23.3 Å². The summed E-state index contributed by atoms with van der Waals surface area (Å²) in [5, 5.41) is 2.79. The second-order valence-corrected chi connectivity index (χ2v) is 4.82. The largest absolute Gasteiger partial charge is 0.356 e. The van der Waals surface area contributed by atoms with Gasteiger partial charge >= 0.3 is 0 Å². The molecule has 0 saturated carbocycles. The molecule has 2 rings (SSSR count). The second-order valence-electron chi connectivity index (χ2n) is 4.82. The summed E-state index contributed by atoms with van der Waals surface area (Å²) in [5.41, 5.74) is 0.0384. The van der Waals surface area contributed by atoms with Crippen molar-refractivity contribution in [1.82, 2.24) is 15.2 Å². The van der Waals surface area contributed by atoms with Crippen LogP contribution in [-0.4, -0.2) is 41.3 Å². The van der Waals surface area contributed by atoms with Crippen LogP contribution >= 0.6 is 0 Å². The Kier molecular flexibility index (Phi) is 4.65. The third-order valence-electron chi connectivity index (χ3n) is 3.51. The highest BCUT2D eigenvalue weighted by molar-refractivity contribution is 5.94. The molecule has 1 fully saturated rings. The maximum absolute atomic E-state index is 13.5. The van der Waals surface area contributed by atoms with Gasteiger partial charge in [0.05, 0.1) is 11.8 Å². The Morgan fingerprint density at radius 1 is 1.45 bits per heavy atom. The highest BCUT2D eigenvalue weighted by Gasteiger charge is 2.28. The van der Waals surface area contributed by atoms with Crippen LogP contribution in [-0.2, 0) is 4.79 Å². The van der Waals surface area contributed by atoms with Crippen molar-refractivity contribution < 1.29 is 14.0 Å². The Morgan fingerprint density at radius 3 is 2.75 bits per heavy atom. The molecule has 0 bridgehead atoms. The van der Waals surface area contributed by atoms with Crippen LogP contribution in [0.3, 0.4) is 0 Å². The molecule has 108 valence electrons. The minimum absolute atomic E-state index is 0.0368. The van der Waals surface area contributed by atoms with Crippen molar-refractivity contribution in [3.8, 4) is 0 Å². The lowest BCUT2D eigenvalue weighted by atomic mass is 9.95. The Morgan fingerprint density at radius 2 is 2.15 bits per heavy atom. The van der Waals surface area contributed by atoms with Gasteiger partial charge in [0.1, 0.15) is 0 Å². The van der Waals surface area contributed by atoms with Crippen molar-refractivity contribution >= 4 is 11.8 Å². The lowest BCUT2D eigenvalue weighted by Gasteiger charge is -2.31. The van der Waals surface area contributed by atoms with E-state index >= 15 is 0 Å². The van der Waals surface area contributed by atoms with Gasteiger partial charge in [0.25, 0.3) is 5.91 Å². The molecule has 0 atom stereocenters. The van der Waals surface area contributed by atoms with Gasteiger partial charge in [0.15, 0.2) is 5.82 Å². The van der Waals surface area contributed by atoms with Crippen molar-refractivity contribution in [3.63, 3.8) is 0 Å². The van der Waals surface area contributed by atoms with Gasteiger partial charge in [-0.2, -0.15) is 0 Å². The van der Waals surface area contributed by atoms with Gasteiger partial charge in [-0.1, -0.05) is 0 Å². The lowest BCUT2D eigenvalue weighted by Crippen LogP contribution is -2.43. The maximum atomic E-state index is 13.5. The third-order valence-corrected chi connectivity index (χ3v) is 3.51. The predicted octanol–water partition coefficient (Wildman–Crippen LogP) is 1.21. The number of nitrogens with zero attached hydrogens (tertiary/aromatic N) is 2. The molecule has 2 heterocycles. The Bertz CT molecular complexity index is 499. The molecule has 5 nitrogen and oxygen atoms in total. The molecule has 0 unspecified atom stereocenters. The van der Waals surface area contributed by atoms with Gasteiger partial charge < -0.3 is 10.2 Å². The van der Waals surface area contributed by atoms with Crippen LogP contribution < -0.4 is 5.32 Å². The first-order valence-corrected chi connectivity index (χ1v) is 6.80. The van der Waals surface area contributed by atoms with Crippen LogP contribution in [0, 0.1) is 11.7 Å². The van der Waals surface area contributed by atoms with E-state index in [0.29, 0.717) is 32.5 Å². The average Bonchev–Trinajstić information content (AvgIpc) is 2.47. The number of hydrogen-bond donors (Lipinski definition) is 1. The highest BCUT2D eigenvalue weighted by atomic mass is 19.1. The smallest absolute Gasteiger partial charge is 0.256 e. The maximum Gasteiger partial charge on any atom is 0.256 e. The van der Waals surface area contributed by atoms with Crippen LogP contribution in [0.4, 0.5) is 4.39 Å². The number of piperidine rings is 1. The van der Waals surface area contributed by atoms with Gasteiger partial charge in [-0.3, -0.25) is 14.6 Å². The molecule has 1 aromatic heterocycles. The van der Waals surface area contributed by atoms with Crippen molar-refractivity contribution in [2.75, 3.05) is 19.6 Å². The zero-order chi connectivity index (χ0) is 14.5. The van der Waals surface area contributed by atoms with Gasteiger partial charge in [0, 0.05) is 31.7 Å². The number of aromatic nitrogens is 1. The summed E-state index contributed by atoms with van der Waals surface area (Å²) in [5.74, 6) is -0.960. The zero-order valence-electron chi connectivity index (χ0n) is 11.4. The van der Waals surface area contributed by atoms with E-state index in [1.165, 1.54) is 12.3 Å². The number of hydrogen-bond acceptors (Lipinski definition) is 3. The van der Waals surface area contributed by atoms with Crippen LogP contribution in [0.5, 0.6) is 0 Å². The quantitative estimate of drug-likeness (QED) is 0.904. The van der Waals surface area contributed by atoms with Crippen LogP contribution in [0.1, 0.15) is 30.1 Å². The Hall–Kier alpha value is -1.98. The number of nitrogens with one attached hydrogen (secondary N) is 1. The highest BCUT2D eigenvalue weighted by Crippen LogP contribution is 2.19. The fourth-order valence-electron chi connectivity index (χ4n) is 2.38. The summed E-state index contributed by atoms with van der Waals surface area (Å²) >= 11 is 0. The molecule has 6 heteroatoms. The molecule has 20 heavy (non-hydrogen) atoms. The third kappa shape index (κ3) is 3.12. The first-order chi connectivity index (χ1) is 9.63.